The summed E-state index contributed by atoms with van der Waals surface area (Å²) in [6.45, 7) is 0.694. The molecule has 2 bridgehead atoms. The Hall–Kier alpha value is -3.42. The monoisotopic (exact) mass is 420 g/mol. The quantitative estimate of drug-likeness (QED) is 0.751. The molecule has 31 heavy (non-hydrogen) atoms. The summed E-state index contributed by atoms with van der Waals surface area (Å²) in [5, 5.41) is 2.45. The van der Waals surface area contributed by atoms with E-state index in [1.807, 2.05) is 28.8 Å². The number of fused-ring (bicyclic) bond motifs is 4. The Labute approximate surface area is 179 Å². The molecule has 2 saturated heterocycles. The minimum atomic E-state index is -0.519. The first kappa shape index (κ1) is 19.5. The summed E-state index contributed by atoms with van der Waals surface area (Å²) in [4.78, 5) is 52.3. The Kier molecular flexibility index (Phi) is 4.84. The molecule has 1 aromatic heterocycles. The van der Waals surface area contributed by atoms with Gasteiger partial charge in [-0.25, -0.2) is 4.79 Å². The van der Waals surface area contributed by atoms with Crippen molar-refractivity contribution in [3.8, 4) is 0 Å². The highest BCUT2D eigenvalue weighted by molar-refractivity contribution is 6.04. The third-order valence-corrected chi connectivity index (χ3v) is 6.67. The number of rotatable bonds is 4. The summed E-state index contributed by atoms with van der Waals surface area (Å²) in [7, 11) is 0. The fourth-order valence-corrected chi connectivity index (χ4v) is 5.21. The molecule has 0 radical (unpaired) electrons. The summed E-state index contributed by atoms with van der Waals surface area (Å²) < 4.78 is 1.92. The molecule has 4 amide bonds. The van der Waals surface area contributed by atoms with Crippen molar-refractivity contribution in [3.63, 3.8) is 0 Å². The maximum atomic E-state index is 13.0. The highest BCUT2D eigenvalue weighted by Crippen LogP contribution is 2.42. The minimum absolute atomic E-state index is 0.00718. The van der Waals surface area contributed by atoms with Crippen LogP contribution in [0, 0.1) is 5.92 Å². The van der Waals surface area contributed by atoms with E-state index in [2.05, 4.69) is 17.4 Å². The predicted octanol–water partition coefficient (Wildman–Crippen LogP) is 1.13. The standard InChI is InChI=1S/C23H24N4O4/c28-20-8-4-7-18-16-10-17(19(27(18)20)9-15-5-2-1-3-6-15)13-25(12-16)22(30)14-26-21(29)11-24-23(26)31/h1-8,16-17,19H,9-14H2,(H,24,31)/t16-,17+,19+/m1/s1. The lowest BCUT2D eigenvalue weighted by Gasteiger charge is -2.47. The second kappa shape index (κ2) is 7.68. The molecule has 8 nitrogen and oxygen atoms in total. The van der Waals surface area contributed by atoms with Crippen LogP contribution in [-0.4, -0.2) is 58.4 Å². The third kappa shape index (κ3) is 3.52. The van der Waals surface area contributed by atoms with Crippen LogP contribution in [0.5, 0.6) is 0 Å². The molecule has 2 aromatic rings. The summed E-state index contributed by atoms with van der Waals surface area (Å²) >= 11 is 0. The zero-order valence-corrected chi connectivity index (χ0v) is 17.1. The van der Waals surface area contributed by atoms with E-state index in [4.69, 9.17) is 0 Å². The van der Waals surface area contributed by atoms with Crippen molar-refractivity contribution in [3.05, 3.63) is 70.1 Å². The Morgan fingerprint density at radius 1 is 1.00 bits per heavy atom. The summed E-state index contributed by atoms with van der Waals surface area (Å²) in [5.41, 5.74) is 2.10. The van der Waals surface area contributed by atoms with E-state index in [1.165, 1.54) is 0 Å². The van der Waals surface area contributed by atoms with Crippen LogP contribution in [0.2, 0.25) is 0 Å². The average Bonchev–Trinajstić information content (AvgIpc) is 3.09. The van der Waals surface area contributed by atoms with Gasteiger partial charge in [0.2, 0.25) is 5.91 Å². The number of benzene rings is 1. The van der Waals surface area contributed by atoms with Crippen LogP contribution in [0.15, 0.2) is 53.3 Å². The van der Waals surface area contributed by atoms with E-state index in [0.717, 1.165) is 22.6 Å². The van der Waals surface area contributed by atoms with Crippen LogP contribution in [-0.2, 0) is 16.0 Å². The van der Waals surface area contributed by atoms with Crippen LogP contribution >= 0.6 is 0 Å². The minimum Gasteiger partial charge on any atom is -0.340 e. The first-order valence-corrected chi connectivity index (χ1v) is 10.6. The topological polar surface area (TPSA) is 91.7 Å². The molecule has 5 rings (SSSR count). The lowest BCUT2D eigenvalue weighted by Crippen LogP contribution is -2.53. The van der Waals surface area contributed by atoms with Crippen LogP contribution < -0.4 is 10.9 Å². The van der Waals surface area contributed by atoms with Gasteiger partial charge in [0.15, 0.2) is 0 Å². The molecule has 1 aromatic carbocycles. The lowest BCUT2D eigenvalue weighted by molar-refractivity contribution is -0.138. The predicted molar refractivity (Wildman–Crippen MR) is 112 cm³/mol. The molecule has 3 atom stereocenters. The number of piperidine rings is 1. The molecular weight excluding hydrogens is 396 g/mol. The average molecular weight is 420 g/mol. The molecule has 2 fully saturated rings. The first-order valence-electron chi connectivity index (χ1n) is 10.6. The van der Waals surface area contributed by atoms with Gasteiger partial charge in [-0.1, -0.05) is 36.4 Å². The largest absolute Gasteiger partial charge is 0.340 e. The molecule has 3 aliphatic rings. The van der Waals surface area contributed by atoms with Gasteiger partial charge in [-0.15, -0.1) is 0 Å². The Morgan fingerprint density at radius 3 is 2.55 bits per heavy atom. The van der Waals surface area contributed by atoms with Crippen molar-refractivity contribution in [2.75, 3.05) is 26.2 Å². The fraction of sp³-hybridized carbons (Fsp3) is 0.391. The van der Waals surface area contributed by atoms with Crippen molar-refractivity contribution in [2.45, 2.75) is 24.8 Å². The van der Waals surface area contributed by atoms with Crippen molar-refractivity contribution < 1.29 is 14.4 Å². The number of nitrogens with zero attached hydrogens (tertiary/aromatic N) is 3. The summed E-state index contributed by atoms with van der Waals surface area (Å²) in [6, 6.07) is 14.9. The number of carbonyl (C=O) groups excluding carboxylic acids is 3. The Balaban J connectivity index is 1.43. The summed E-state index contributed by atoms with van der Waals surface area (Å²) in [6.07, 6.45) is 1.62. The number of urea groups is 1. The smallest absolute Gasteiger partial charge is 0.325 e. The number of carbonyl (C=O) groups is 3. The normalized spacial score (nSPS) is 24.7. The van der Waals surface area contributed by atoms with Gasteiger partial charge in [-0.2, -0.15) is 0 Å². The molecule has 160 valence electrons. The number of pyridine rings is 1. The van der Waals surface area contributed by atoms with Gasteiger partial charge in [0, 0.05) is 36.8 Å². The van der Waals surface area contributed by atoms with Crippen LogP contribution in [0.3, 0.4) is 0 Å². The van der Waals surface area contributed by atoms with E-state index in [0.29, 0.717) is 19.5 Å². The van der Waals surface area contributed by atoms with Crippen LogP contribution in [0.25, 0.3) is 0 Å². The molecule has 0 aliphatic carbocycles. The maximum absolute atomic E-state index is 13.0. The van der Waals surface area contributed by atoms with E-state index in [-0.39, 0.29) is 48.3 Å². The molecule has 0 unspecified atom stereocenters. The number of aromatic nitrogens is 1. The number of imide groups is 1. The molecule has 3 aliphatic heterocycles. The third-order valence-electron chi connectivity index (χ3n) is 6.67. The number of amides is 4. The van der Waals surface area contributed by atoms with Gasteiger partial charge in [-0.3, -0.25) is 19.3 Å². The highest BCUT2D eigenvalue weighted by Gasteiger charge is 2.42. The van der Waals surface area contributed by atoms with E-state index < -0.39 is 6.03 Å². The van der Waals surface area contributed by atoms with E-state index in [9.17, 15) is 19.2 Å². The second-order valence-electron chi connectivity index (χ2n) is 8.55. The first-order chi connectivity index (χ1) is 15.0. The number of nitrogens with one attached hydrogen (secondary N) is 1. The molecular formula is C23H24N4O4. The summed E-state index contributed by atoms with van der Waals surface area (Å²) in [5.74, 6) is -0.426. The Bertz CT molecular complexity index is 1080. The fourth-order valence-electron chi connectivity index (χ4n) is 5.21. The molecule has 8 heteroatoms. The molecule has 0 saturated carbocycles. The van der Waals surface area contributed by atoms with Gasteiger partial charge in [-0.05, 0) is 30.4 Å². The van der Waals surface area contributed by atoms with Gasteiger partial charge in [0.1, 0.15) is 6.54 Å². The van der Waals surface area contributed by atoms with Gasteiger partial charge in [0.05, 0.1) is 6.54 Å². The van der Waals surface area contributed by atoms with Crippen LogP contribution in [0.4, 0.5) is 4.79 Å². The molecule has 4 heterocycles. The van der Waals surface area contributed by atoms with E-state index in [1.54, 1.807) is 17.0 Å². The van der Waals surface area contributed by atoms with Crippen molar-refractivity contribution in [1.82, 2.24) is 19.7 Å². The number of likely N-dealkylation sites (tertiary alicyclic amines) is 1. The van der Waals surface area contributed by atoms with Crippen molar-refractivity contribution in [2.24, 2.45) is 5.92 Å². The van der Waals surface area contributed by atoms with Gasteiger partial charge < -0.3 is 14.8 Å². The Morgan fingerprint density at radius 2 is 1.81 bits per heavy atom. The highest BCUT2D eigenvalue weighted by atomic mass is 16.2. The van der Waals surface area contributed by atoms with Gasteiger partial charge >= 0.3 is 6.03 Å². The van der Waals surface area contributed by atoms with E-state index >= 15 is 0 Å². The SMILES string of the molecule is O=C(CN1C(=O)CNC1=O)N1C[C@H]2C[C@@H](C1)[C@H](Cc1ccccc1)n1c2cccc1=O. The zero-order valence-electron chi connectivity index (χ0n) is 17.1. The lowest BCUT2D eigenvalue weighted by atomic mass is 9.76. The molecule has 0 spiro atoms. The number of hydrogen-bond donors (Lipinski definition) is 1. The number of hydrogen-bond acceptors (Lipinski definition) is 4. The van der Waals surface area contributed by atoms with Gasteiger partial charge in [0.25, 0.3) is 11.5 Å². The zero-order chi connectivity index (χ0) is 21.5. The second-order valence-corrected chi connectivity index (χ2v) is 8.55. The van der Waals surface area contributed by atoms with Crippen molar-refractivity contribution in [1.29, 1.82) is 0 Å². The maximum Gasteiger partial charge on any atom is 0.325 e. The van der Waals surface area contributed by atoms with Crippen LogP contribution in [0.1, 0.15) is 29.6 Å². The van der Waals surface area contributed by atoms with Crippen molar-refractivity contribution >= 4 is 17.8 Å². The molecule has 1 N–H and O–H groups in total.